The largest absolute Gasteiger partial charge is 0.494 e. The van der Waals surface area contributed by atoms with Gasteiger partial charge in [0.15, 0.2) is 0 Å². The van der Waals surface area contributed by atoms with Gasteiger partial charge in [0.05, 0.1) is 19.8 Å². The number of nitrogens with one attached hydrogen (secondary N) is 1. The van der Waals surface area contributed by atoms with Gasteiger partial charge in [-0.3, -0.25) is 4.79 Å². The summed E-state index contributed by atoms with van der Waals surface area (Å²) < 4.78 is 11.0. The number of rotatable bonds is 8. The molecule has 138 valence electrons. The lowest BCUT2D eigenvalue weighted by Crippen LogP contribution is -2.37. The van der Waals surface area contributed by atoms with E-state index in [1.807, 2.05) is 42.5 Å². The van der Waals surface area contributed by atoms with Gasteiger partial charge in [0.25, 0.3) is 0 Å². The van der Waals surface area contributed by atoms with E-state index in [0.717, 1.165) is 30.2 Å². The molecule has 0 atom stereocenters. The minimum Gasteiger partial charge on any atom is -0.494 e. The first kappa shape index (κ1) is 18.2. The first-order valence-corrected chi connectivity index (χ1v) is 9.04. The lowest BCUT2D eigenvalue weighted by atomic mass is 10.2. The average Bonchev–Trinajstić information content (AvgIpc) is 2.71. The van der Waals surface area contributed by atoms with E-state index in [2.05, 4.69) is 15.2 Å². The van der Waals surface area contributed by atoms with Crippen LogP contribution in [-0.4, -0.2) is 43.8 Å². The molecule has 2 heterocycles. The number of carbonyl (C=O) groups is 1. The molecule has 6 nitrogen and oxygen atoms in total. The molecule has 6 heteroatoms. The van der Waals surface area contributed by atoms with Crippen molar-refractivity contribution in [1.29, 1.82) is 0 Å². The van der Waals surface area contributed by atoms with Crippen LogP contribution in [-0.2, 0) is 16.1 Å². The van der Waals surface area contributed by atoms with Gasteiger partial charge >= 0.3 is 0 Å². The second-order valence-electron chi connectivity index (χ2n) is 6.13. The van der Waals surface area contributed by atoms with Crippen molar-refractivity contribution < 1.29 is 14.3 Å². The third kappa shape index (κ3) is 5.46. The van der Waals surface area contributed by atoms with E-state index in [4.69, 9.17) is 9.47 Å². The molecule has 1 fully saturated rings. The molecule has 1 aromatic carbocycles. The van der Waals surface area contributed by atoms with Crippen LogP contribution in [0.15, 0.2) is 48.7 Å². The van der Waals surface area contributed by atoms with Crippen LogP contribution in [0.5, 0.6) is 5.75 Å². The standard InChI is InChI=1S/C20H25N3O3/c24-19(9-5-13-26-18-7-2-1-3-8-18)22-16-17-6-4-10-21-20(17)23-11-14-25-15-12-23/h1-4,6-8,10H,5,9,11-16H2,(H,22,24). The van der Waals surface area contributed by atoms with Crippen LogP contribution in [0.3, 0.4) is 0 Å². The molecule has 0 radical (unpaired) electrons. The number of aromatic nitrogens is 1. The molecule has 1 aromatic heterocycles. The molecule has 0 unspecified atom stereocenters. The normalized spacial score (nSPS) is 14.1. The Labute approximate surface area is 154 Å². The topological polar surface area (TPSA) is 63.7 Å². The molecular weight excluding hydrogens is 330 g/mol. The van der Waals surface area contributed by atoms with Crippen molar-refractivity contribution in [3.63, 3.8) is 0 Å². The molecule has 0 aliphatic carbocycles. The molecule has 1 aliphatic rings. The summed E-state index contributed by atoms with van der Waals surface area (Å²) >= 11 is 0. The van der Waals surface area contributed by atoms with Crippen LogP contribution < -0.4 is 15.0 Å². The Bertz CT molecular complexity index is 688. The van der Waals surface area contributed by atoms with Crippen LogP contribution >= 0.6 is 0 Å². The number of para-hydroxylation sites is 1. The van der Waals surface area contributed by atoms with Crippen molar-refractivity contribution in [3.8, 4) is 5.75 Å². The molecule has 2 aromatic rings. The molecule has 1 aliphatic heterocycles. The zero-order chi connectivity index (χ0) is 18.0. The number of morpholine rings is 1. The van der Waals surface area contributed by atoms with Crippen molar-refractivity contribution in [1.82, 2.24) is 10.3 Å². The molecule has 1 saturated heterocycles. The number of hydrogen-bond acceptors (Lipinski definition) is 5. The summed E-state index contributed by atoms with van der Waals surface area (Å²) in [5.41, 5.74) is 1.03. The minimum absolute atomic E-state index is 0.0263. The SMILES string of the molecule is O=C(CCCOc1ccccc1)NCc1cccnc1N1CCOCC1. The van der Waals surface area contributed by atoms with Gasteiger partial charge < -0.3 is 19.7 Å². The summed E-state index contributed by atoms with van der Waals surface area (Å²) in [6.45, 7) is 4.10. The van der Waals surface area contributed by atoms with Crippen molar-refractivity contribution in [3.05, 3.63) is 54.2 Å². The number of amides is 1. The number of benzene rings is 1. The molecule has 26 heavy (non-hydrogen) atoms. The molecule has 0 bridgehead atoms. The number of carbonyl (C=O) groups excluding carboxylic acids is 1. The van der Waals surface area contributed by atoms with Gasteiger partial charge in [-0.15, -0.1) is 0 Å². The van der Waals surface area contributed by atoms with E-state index in [1.165, 1.54) is 0 Å². The molecule has 0 saturated carbocycles. The highest BCUT2D eigenvalue weighted by molar-refractivity contribution is 5.76. The van der Waals surface area contributed by atoms with Gasteiger partial charge in [0.2, 0.25) is 5.91 Å². The maximum atomic E-state index is 12.1. The van der Waals surface area contributed by atoms with Crippen molar-refractivity contribution in [2.24, 2.45) is 0 Å². The number of hydrogen-bond donors (Lipinski definition) is 1. The van der Waals surface area contributed by atoms with Gasteiger partial charge in [0, 0.05) is 37.8 Å². The molecule has 3 rings (SSSR count). The van der Waals surface area contributed by atoms with E-state index in [-0.39, 0.29) is 5.91 Å². The van der Waals surface area contributed by atoms with Gasteiger partial charge in [-0.05, 0) is 24.6 Å². The van der Waals surface area contributed by atoms with Crippen molar-refractivity contribution >= 4 is 11.7 Å². The van der Waals surface area contributed by atoms with Crippen LogP contribution in [0.2, 0.25) is 0 Å². The van der Waals surface area contributed by atoms with Crippen LogP contribution in [0.1, 0.15) is 18.4 Å². The van der Waals surface area contributed by atoms with Gasteiger partial charge in [-0.25, -0.2) is 4.98 Å². The van der Waals surface area contributed by atoms with Crippen LogP contribution in [0.4, 0.5) is 5.82 Å². The lowest BCUT2D eigenvalue weighted by molar-refractivity contribution is -0.121. The number of pyridine rings is 1. The second kappa shape index (κ2) is 9.77. The van der Waals surface area contributed by atoms with E-state index in [0.29, 0.717) is 39.2 Å². The molecule has 1 amide bonds. The number of ether oxygens (including phenoxy) is 2. The maximum absolute atomic E-state index is 12.1. The maximum Gasteiger partial charge on any atom is 0.220 e. The van der Waals surface area contributed by atoms with Crippen LogP contribution in [0, 0.1) is 0 Å². The molecule has 0 spiro atoms. The summed E-state index contributed by atoms with van der Waals surface area (Å²) in [6, 6.07) is 13.6. The third-order valence-electron chi connectivity index (χ3n) is 4.21. The summed E-state index contributed by atoms with van der Waals surface area (Å²) in [4.78, 5) is 18.8. The Balaban J connectivity index is 1.41. The molecular formula is C20H25N3O3. The quantitative estimate of drug-likeness (QED) is 0.737. The Morgan fingerprint density at radius 1 is 1.15 bits per heavy atom. The Hall–Kier alpha value is -2.60. The minimum atomic E-state index is 0.0263. The Morgan fingerprint density at radius 3 is 2.77 bits per heavy atom. The highest BCUT2D eigenvalue weighted by atomic mass is 16.5. The number of nitrogens with zero attached hydrogens (tertiary/aromatic N) is 2. The molecule has 1 N–H and O–H groups in total. The van der Waals surface area contributed by atoms with E-state index < -0.39 is 0 Å². The first-order chi connectivity index (χ1) is 12.8. The summed E-state index contributed by atoms with van der Waals surface area (Å²) in [5, 5.41) is 2.98. The van der Waals surface area contributed by atoms with Crippen LogP contribution in [0.25, 0.3) is 0 Å². The van der Waals surface area contributed by atoms with Crippen molar-refractivity contribution in [2.45, 2.75) is 19.4 Å². The Kier molecular flexibility index (Phi) is 6.84. The fourth-order valence-electron chi connectivity index (χ4n) is 2.85. The predicted molar refractivity (Wildman–Crippen MR) is 100 cm³/mol. The predicted octanol–water partition coefficient (Wildman–Crippen LogP) is 2.39. The Morgan fingerprint density at radius 2 is 1.96 bits per heavy atom. The average molecular weight is 355 g/mol. The van der Waals surface area contributed by atoms with Crippen molar-refractivity contribution in [2.75, 3.05) is 37.8 Å². The lowest BCUT2D eigenvalue weighted by Gasteiger charge is -2.29. The summed E-state index contributed by atoms with van der Waals surface area (Å²) in [7, 11) is 0. The fraction of sp³-hybridized carbons (Fsp3) is 0.400. The third-order valence-corrected chi connectivity index (χ3v) is 4.21. The first-order valence-electron chi connectivity index (χ1n) is 9.04. The zero-order valence-electron chi connectivity index (χ0n) is 14.9. The van der Waals surface area contributed by atoms with Gasteiger partial charge in [-0.1, -0.05) is 24.3 Å². The second-order valence-corrected chi connectivity index (χ2v) is 6.13. The highest BCUT2D eigenvalue weighted by Gasteiger charge is 2.16. The van der Waals surface area contributed by atoms with Gasteiger partial charge in [-0.2, -0.15) is 0 Å². The highest BCUT2D eigenvalue weighted by Crippen LogP contribution is 2.18. The van der Waals surface area contributed by atoms with E-state index in [1.54, 1.807) is 6.20 Å². The fourth-order valence-corrected chi connectivity index (χ4v) is 2.85. The van der Waals surface area contributed by atoms with E-state index >= 15 is 0 Å². The van der Waals surface area contributed by atoms with E-state index in [9.17, 15) is 4.79 Å². The smallest absolute Gasteiger partial charge is 0.220 e. The number of anilines is 1. The monoisotopic (exact) mass is 355 g/mol. The summed E-state index contributed by atoms with van der Waals surface area (Å²) in [6.07, 6.45) is 2.92. The summed E-state index contributed by atoms with van der Waals surface area (Å²) in [5.74, 6) is 1.79. The van der Waals surface area contributed by atoms with Gasteiger partial charge in [0.1, 0.15) is 11.6 Å². The zero-order valence-corrected chi connectivity index (χ0v) is 14.9.